The summed E-state index contributed by atoms with van der Waals surface area (Å²) in [6.07, 6.45) is 2.87. The summed E-state index contributed by atoms with van der Waals surface area (Å²) in [7, 11) is 1.47. The van der Waals surface area contributed by atoms with Gasteiger partial charge in [-0.15, -0.1) is 0 Å². The summed E-state index contributed by atoms with van der Waals surface area (Å²) in [5, 5.41) is 0. The van der Waals surface area contributed by atoms with Crippen LogP contribution in [0.5, 0.6) is 0 Å². The van der Waals surface area contributed by atoms with Crippen LogP contribution in [0.3, 0.4) is 0 Å². The van der Waals surface area contributed by atoms with Gasteiger partial charge in [-0.05, 0) is 30.9 Å². The van der Waals surface area contributed by atoms with Crippen molar-refractivity contribution < 1.29 is 9.53 Å². The van der Waals surface area contributed by atoms with Gasteiger partial charge in [0.15, 0.2) is 0 Å². The first kappa shape index (κ1) is 13.1. The van der Waals surface area contributed by atoms with Crippen LogP contribution in [0.2, 0.25) is 0 Å². The van der Waals surface area contributed by atoms with Crippen LogP contribution in [-0.2, 0) is 16.1 Å². The molecule has 3 heteroatoms. The van der Waals surface area contributed by atoms with Gasteiger partial charge in [-0.1, -0.05) is 30.3 Å². The third-order valence-corrected chi connectivity index (χ3v) is 3.54. The minimum Gasteiger partial charge on any atom is -0.469 e. The monoisotopic (exact) mass is 247 g/mol. The number of carbonyl (C=O) groups excluding carboxylic acids is 1. The second kappa shape index (κ2) is 6.55. The molecule has 1 atom stereocenters. The van der Waals surface area contributed by atoms with Crippen LogP contribution in [-0.4, -0.2) is 31.1 Å². The Hall–Kier alpha value is -1.35. The van der Waals surface area contributed by atoms with Crippen LogP contribution in [0.1, 0.15) is 24.8 Å². The standard InChI is InChI=1S/C15H21NO2/c1-18-15(17)10-14-8-5-9-16(12-14)11-13-6-3-2-4-7-13/h2-4,6-7,14H,5,8-12H2,1H3/t14-/m0/s1. The SMILES string of the molecule is COC(=O)C[C@@H]1CCCN(Cc2ccccc2)C1. The maximum Gasteiger partial charge on any atom is 0.305 e. The molecule has 0 spiro atoms. The van der Waals surface area contributed by atoms with Gasteiger partial charge in [0, 0.05) is 19.5 Å². The van der Waals surface area contributed by atoms with Gasteiger partial charge in [0.2, 0.25) is 0 Å². The fraction of sp³-hybridized carbons (Fsp3) is 0.533. The summed E-state index contributed by atoms with van der Waals surface area (Å²) >= 11 is 0. The van der Waals surface area contributed by atoms with E-state index >= 15 is 0 Å². The Kier molecular flexibility index (Phi) is 4.76. The molecule has 0 bridgehead atoms. The molecule has 3 nitrogen and oxygen atoms in total. The maximum absolute atomic E-state index is 11.3. The predicted molar refractivity (Wildman–Crippen MR) is 71.1 cm³/mol. The Labute approximate surface area is 109 Å². The number of rotatable bonds is 4. The maximum atomic E-state index is 11.3. The molecule has 1 saturated heterocycles. The molecule has 18 heavy (non-hydrogen) atoms. The third kappa shape index (κ3) is 3.84. The summed E-state index contributed by atoms with van der Waals surface area (Å²) in [6, 6.07) is 10.5. The largest absolute Gasteiger partial charge is 0.469 e. The van der Waals surface area contributed by atoms with E-state index in [1.54, 1.807) is 0 Å². The van der Waals surface area contributed by atoms with E-state index in [9.17, 15) is 4.79 Å². The van der Waals surface area contributed by atoms with Gasteiger partial charge in [-0.2, -0.15) is 0 Å². The van der Waals surface area contributed by atoms with Gasteiger partial charge in [0.1, 0.15) is 0 Å². The molecule has 1 aromatic rings. The highest BCUT2D eigenvalue weighted by Gasteiger charge is 2.22. The Morgan fingerprint density at radius 2 is 2.17 bits per heavy atom. The van der Waals surface area contributed by atoms with Crippen LogP contribution in [0.15, 0.2) is 30.3 Å². The van der Waals surface area contributed by atoms with Gasteiger partial charge < -0.3 is 4.74 Å². The van der Waals surface area contributed by atoms with Crippen LogP contribution in [0.4, 0.5) is 0 Å². The van der Waals surface area contributed by atoms with E-state index < -0.39 is 0 Å². The molecule has 0 radical (unpaired) electrons. The van der Waals surface area contributed by atoms with Gasteiger partial charge in [0.25, 0.3) is 0 Å². The molecule has 1 aliphatic heterocycles. The average Bonchev–Trinajstić information content (AvgIpc) is 2.40. The molecule has 1 aliphatic rings. The summed E-state index contributed by atoms with van der Waals surface area (Å²) in [4.78, 5) is 13.7. The summed E-state index contributed by atoms with van der Waals surface area (Å²) in [5.41, 5.74) is 1.34. The Bertz CT molecular complexity index is 377. The zero-order valence-corrected chi connectivity index (χ0v) is 11.0. The number of methoxy groups -OCH3 is 1. The molecule has 2 rings (SSSR count). The molecule has 0 aliphatic carbocycles. The first-order chi connectivity index (χ1) is 8.78. The molecule has 1 heterocycles. The molecule has 98 valence electrons. The number of carbonyl (C=O) groups is 1. The zero-order valence-electron chi connectivity index (χ0n) is 11.0. The van der Waals surface area contributed by atoms with E-state index in [1.807, 2.05) is 6.07 Å². The number of esters is 1. The lowest BCUT2D eigenvalue weighted by Crippen LogP contribution is -2.35. The smallest absolute Gasteiger partial charge is 0.305 e. The highest BCUT2D eigenvalue weighted by molar-refractivity contribution is 5.69. The minimum absolute atomic E-state index is 0.0819. The van der Waals surface area contributed by atoms with Crippen molar-refractivity contribution in [3.05, 3.63) is 35.9 Å². The van der Waals surface area contributed by atoms with Gasteiger partial charge >= 0.3 is 5.97 Å². The zero-order chi connectivity index (χ0) is 12.8. The van der Waals surface area contributed by atoms with Crippen molar-refractivity contribution in [2.75, 3.05) is 20.2 Å². The van der Waals surface area contributed by atoms with E-state index in [0.29, 0.717) is 12.3 Å². The lowest BCUT2D eigenvalue weighted by atomic mass is 9.94. The van der Waals surface area contributed by atoms with Crippen molar-refractivity contribution >= 4 is 5.97 Å². The molecule has 0 amide bonds. The number of piperidine rings is 1. The van der Waals surface area contributed by atoms with Crippen molar-refractivity contribution in [3.63, 3.8) is 0 Å². The van der Waals surface area contributed by atoms with Crippen molar-refractivity contribution in [2.45, 2.75) is 25.8 Å². The van der Waals surface area contributed by atoms with E-state index in [2.05, 4.69) is 29.2 Å². The van der Waals surface area contributed by atoms with E-state index in [-0.39, 0.29) is 5.97 Å². The fourth-order valence-corrected chi connectivity index (χ4v) is 2.62. The molecule has 1 fully saturated rings. The van der Waals surface area contributed by atoms with Crippen molar-refractivity contribution in [1.29, 1.82) is 0 Å². The van der Waals surface area contributed by atoms with Gasteiger partial charge in [-0.25, -0.2) is 0 Å². The Balaban J connectivity index is 1.85. The molecular weight excluding hydrogens is 226 g/mol. The lowest BCUT2D eigenvalue weighted by molar-refractivity contribution is -0.142. The molecule has 0 saturated carbocycles. The van der Waals surface area contributed by atoms with E-state index in [0.717, 1.165) is 26.1 Å². The highest BCUT2D eigenvalue weighted by atomic mass is 16.5. The van der Waals surface area contributed by atoms with E-state index in [1.165, 1.54) is 19.1 Å². The second-order valence-corrected chi connectivity index (χ2v) is 5.01. The fourth-order valence-electron chi connectivity index (χ4n) is 2.62. The Morgan fingerprint density at radius 3 is 2.89 bits per heavy atom. The number of ether oxygens (including phenoxy) is 1. The number of hydrogen-bond donors (Lipinski definition) is 0. The molecule has 1 aromatic carbocycles. The summed E-state index contributed by atoms with van der Waals surface area (Å²) in [5.74, 6) is 0.372. The molecular formula is C15H21NO2. The summed E-state index contributed by atoms with van der Waals surface area (Å²) < 4.78 is 4.75. The Morgan fingerprint density at radius 1 is 1.39 bits per heavy atom. The average molecular weight is 247 g/mol. The molecule has 0 aromatic heterocycles. The van der Waals surface area contributed by atoms with Crippen molar-refractivity contribution in [3.8, 4) is 0 Å². The van der Waals surface area contributed by atoms with Crippen molar-refractivity contribution in [1.82, 2.24) is 4.90 Å². The van der Waals surface area contributed by atoms with E-state index in [4.69, 9.17) is 4.74 Å². The minimum atomic E-state index is -0.0819. The molecule has 0 unspecified atom stereocenters. The topological polar surface area (TPSA) is 29.5 Å². The second-order valence-electron chi connectivity index (χ2n) is 5.01. The molecule has 0 N–H and O–H groups in total. The van der Waals surface area contributed by atoms with Gasteiger partial charge in [0.05, 0.1) is 7.11 Å². The number of hydrogen-bond acceptors (Lipinski definition) is 3. The van der Waals surface area contributed by atoms with Gasteiger partial charge in [-0.3, -0.25) is 9.69 Å². The third-order valence-electron chi connectivity index (χ3n) is 3.54. The first-order valence-electron chi connectivity index (χ1n) is 6.61. The first-order valence-corrected chi connectivity index (χ1v) is 6.61. The summed E-state index contributed by atoms with van der Waals surface area (Å²) in [6.45, 7) is 3.12. The quantitative estimate of drug-likeness (QED) is 0.765. The van der Waals surface area contributed by atoms with Crippen LogP contribution in [0.25, 0.3) is 0 Å². The lowest BCUT2D eigenvalue weighted by Gasteiger charge is -2.32. The predicted octanol–water partition coefficient (Wildman–Crippen LogP) is 2.46. The van der Waals surface area contributed by atoms with Crippen LogP contribution < -0.4 is 0 Å². The normalized spacial score (nSPS) is 20.6. The van der Waals surface area contributed by atoms with Crippen LogP contribution in [0, 0.1) is 5.92 Å². The van der Waals surface area contributed by atoms with Crippen LogP contribution >= 0.6 is 0 Å². The number of nitrogens with zero attached hydrogens (tertiary/aromatic N) is 1. The number of likely N-dealkylation sites (tertiary alicyclic amines) is 1. The number of benzene rings is 1. The van der Waals surface area contributed by atoms with Crippen molar-refractivity contribution in [2.24, 2.45) is 5.92 Å². The highest BCUT2D eigenvalue weighted by Crippen LogP contribution is 2.21.